The first-order valence-corrected chi connectivity index (χ1v) is 5.70. The van der Waals surface area contributed by atoms with Crippen LogP contribution in [-0.2, 0) is 4.79 Å². The van der Waals surface area contributed by atoms with Crippen molar-refractivity contribution < 1.29 is 4.79 Å². The SMILES string of the molecule is CC(C(N)=O)N1CC2CCCC(C2)C1. The maximum absolute atomic E-state index is 11.1. The summed E-state index contributed by atoms with van der Waals surface area (Å²) < 4.78 is 0. The lowest BCUT2D eigenvalue weighted by molar-refractivity contribution is -0.124. The molecule has 2 rings (SSSR count). The summed E-state index contributed by atoms with van der Waals surface area (Å²) in [7, 11) is 0. The number of nitrogens with two attached hydrogens (primary N) is 1. The number of carbonyl (C=O) groups excluding carboxylic acids is 1. The van der Waals surface area contributed by atoms with E-state index in [4.69, 9.17) is 5.73 Å². The number of primary amides is 1. The molecule has 1 amide bonds. The number of hydrogen-bond acceptors (Lipinski definition) is 2. The fraction of sp³-hybridized carbons (Fsp3) is 0.909. The summed E-state index contributed by atoms with van der Waals surface area (Å²) >= 11 is 0. The third-order valence-corrected chi connectivity index (χ3v) is 3.84. The predicted molar refractivity (Wildman–Crippen MR) is 55.7 cm³/mol. The number of rotatable bonds is 2. The van der Waals surface area contributed by atoms with E-state index in [1.165, 1.54) is 25.7 Å². The molecule has 3 atom stereocenters. The number of likely N-dealkylation sites (tertiary alicyclic amines) is 1. The fourth-order valence-corrected chi connectivity index (χ4v) is 2.97. The second-order valence-electron chi connectivity index (χ2n) is 4.93. The lowest BCUT2D eigenvalue weighted by Gasteiger charge is -2.43. The number of amides is 1. The van der Waals surface area contributed by atoms with Crippen molar-refractivity contribution in [3.05, 3.63) is 0 Å². The normalized spacial score (nSPS) is 35.2. The topological polar surface area (TPSA) is 46.3 Å². The zero-order chi connectivity index (χ0) is 10.1. The molecule has 14 heavy (non-hydrogen) atoms. The molecule has 3 unspecified atom stereocenters. The van der Waals surface area contributed by atoms with Gasteiger partial charge in [-0.05, 0) is 38.0 Å². The Morgan fingerprint density at radius 2 is 1.93 bits per heavy atom. The maximum Gasteiger partial charge on any atom is 0.234 e. The van der Waals surface area contributed by atoms with Crippen molar-refractivity contribution in [2.45, 2.75) is 38.6 Å². The molecule has 2 N–H and O–H groups in total. The molecule has 0 radical (unpaired) electrons. The summed E-state index contributed by atoms with van der Waals surface area (Å²) in [6.45, 7) is 4.10. The summed E-state index contributed by atoms with van der Waals surface area (Å²) in [6.07, 6.45) is 5.45. The Balaban J connectivity index is 1.98. The van der Waals surface area contributed by atoms with Crippen LogP contribution < -0.4 is 5.73 Å². The van der Waals surface area contributed by atoms with E-state index >= 15 is 0 Å². The van der Waals surface area contributed by atoms with E-state index < -0.39 is 0 Å². The minimum Gasteiger partial charge on any atom is -0.368 e. The van der Waals surface area contributed by atoms with Gasteiger partial charge in [0.2, 0.25) is 5.91 Å². The lowest BCUT2D eigenvalue weighted by Crippen LogP contribution is -2.51. The summed E-state index contributed by atoms with van der Waals surface area (Å²) in [5.74, 6) is 1.47. The fourth-order valence-electron chi connectivity index (χ4n) is 2.97. The van der Waals surface area contributed by atoms with Crippen molar-refractivity contribution in [2.24, 2.45) is 17.6 Å². The van der Waals surface area contributed by atoms with E-state index in [0.29, 0.717) is 0 Å². The Bertz CT molecular complexity index is 217. The van der Waals surface area contributed by atoms with Gasteiger partial charge in [-0.2, -0.15) is 0 Å². The van der Waals surface area contributed by atoms with Crippen LogP contribution >= 0.6 is 0 Å². The van der Waals surface area contributed by atoms with Crippen LogP contribution in [0.25, 0.3) is 0 Å². The van der Waals surface area contributed by atoms with Gasteiger partial charge in [-0.15, -0.1) is 0 Å². The summed E-state index contributed by atoms with van der Waals surface area (Å²) in [6, 6.07) is -0.0709. The third kappa shape index (κ3) is 1.92. The standard InChI is InChI=1S/C11H20N2O/c1-8(11(12)14)13-6-9-3-2-4-10(5-9)7-13/h8-10H,2-7H2,1H3,(H2,12,14). The van der Waals surface area contributed by atoms with Crippen molar-refractivity contribution in [1.29, 1.82) is 0 Å². The molecular formula is C11H20N2O. The molecule has 0 aromatic heterocycles. The molecule has 0 aromatic rings. The van der Waals surface area contributed by atoms with Crippen LogP contribution in [0.5, 0.6) is 0 Å². The molecule has 80 valence electrons. The van der Waals surface area contributed by atoms with E-state index in [1.54, 1.807) is 0 Å². The second-order valence-corrected chi connectivity index (χ2v) is 4.93. The number of fused-ring (bicyclic) bond motifs is 2. The maximum atomic E-state index is 11.1. The average molecular weight is 196 g/mol. The Labute approximate surface area is 85.6 Å². The van der Waals surface area contributed by atoms with Crippen LogP contribution in [0.1, 0.15) is 32.6 Å². The highest BCUT2D eigenvalue weighted by molar-refractivity contribution is 5.79. The highest BCUT2D eigenvalue weighted by Gasteiger charge is 2.33. The van der Waals surface area contributed by atoms with Gasteiger partial charge in [-0.1, -0.05) is 6.42 Å². The first-order valence-electron chi connectivity index (χ1n) is 5.70. The summed E-state index contributed by atoms with van der Waals surface area (Å²) in [5, 5.41) is 0. The molecule has 1 saturated carbocycles. The van der Waals surface area contributed by atoms with Gasteiger partial charge in [-0.3, -0.25) is 9.69 Å². The van der Waals surface area contributed by atoms with Gasteiger partial charge < -0.3 is 5.73 Å². The minimum absolute atomic E-state index is 0.0709. The van der Waals surface area contributed by atoms with E-state index in [1.807, 2.05) is 6.92 Å². The largest absolute Gasteiger partial charge is 0.368 e. The number of nitrogens with zero attached hydrogens (tertiary/aromatic N) is 1. The molecule has 3 heteroatoms. The number of hydrogen-bond donors (Lipinski definition) is 1. The van der Waals surface area contributed by atoms with E-state index in [-0.39, 0.29) is 11.9 Å². The monoisotopic (exact) mass is 196 g/mol. The zero-order valence-electron chi connectivity index (χ0n) is 8.91. The lowest BCUT2D eigenvalue weighted by atomic mass is 9.77. The molecule has 1 heterocycles. The van der Waals surface area contributed by atoms with Crippen molar-refractivity contribution in [3.63, 3.8) is 0 Å². The summed E-state index contributed by atoms with van der Waals surface area (Å²) in [4.78, 5) is 13.4. The molecule has 2 aliphatic rings. The van der Waals surface area contributed by atoms with Gasteiger partial charge in [0.25, 0.3) is 0 Å². The van der Waals surface area contributed by atoms with Crippen LogP contribution in [0.4, 0.5) is 0 Å². The highest BCUT2D eigenvalue weighted by atomic mass is 16.1. The first kappa shape index (κ1) is 9.97. The van der Waals surface area contributed by atoms with E-state index in [9.17, 15) is 4.79 Å². The van der Waals surface area contributed by atoms with Crippen molar-refractivity contribution in [1.82, 2.24) is 4.90 Å². The number of carbonyl (C=O) groups is 1. The van der Waals surface area contributed by atoms with Gasteiger partial charge in [0.15, 0.2) is 0 Å². The smallest absolute Gasteiger partial charge is 0.234 e. The molecular weight excluding hydrogens is 176 g/mol. The van der Waals surface area contributed by atoms with Crippen molar-refractivity contribution in [3.8, 4) is 0 Å². The predicted octanol–water partition coefficient (Wildman–Crippen LogP) is 0.982. The third-order valence-electron chi connectivity index (χ3n) is 3.84. The quantitative estimate of drug-likeness (QED) is 0.715. The van der Waals surface area contributed by atoms with Crippen LogP contribution in [0, 0.1) is 11.8 Å². The van der Waals surface area contributed by atoms with Crippen molar-refractivity contribution >= 4 is 5.91 Å². The minimum atomic E-state index is -0.176. The molecule has 0 spiro atoms. The second kappa shape index (κ2) is 3.89. The Hall–Kier alpha value is -0.570. The molecule has 2 bridgehead atoms. The van der Waals surface area contributed by atoms with Crippen LogP contribution in [-0.4, -0.2) is 29.9 Å². The van der Waals surface area contributed by atoms with E-state index in [2.05, 4.69) is 4.90 Å². The summed E-state index contributed by atoms with van der Waals surface area (Å²) in [5.41, 5.74) is 5.34. The van der Waals surface area contributed by atoms with Crippen LogP contribution in [0.2, 0.25) is 0 Å². The van der Waals surface area contributed by atoms with Crippen LogP contribution in [0.15, 0.2) is 0 Å². The van der Waals surface area contributed by atoms with Gasteiger partial charge in [-0.25, -0.2) is 0 Å². The molecule has 2 fully saturated rings. The van der Waals surface area contributed by atoms with Crippen molar-refractivity contribution in [2.75, 3.05) is 13.1 Å². The average Bonchev–Trinajstić information content (AvgIpc) is 2.15. The first-order chi connectivity index (χ1) is 6.66. The molecule has 3 nitrogen and oxygen atoms in total. The van der Waals surface area contributed by atoms with E-state index in [0.717, 1.165) is 24.9 Å². The zero-order valence-corrected chi connectivity index (χ0v) is 8.91. The van der Waals surface area contributed by atoms with Gasteiger partial charge in [0, 0.05) is 13.1 Å². The molecule has 0 aromatic carbocycles. The Kier molecular flexibility index (Phi) is 2.77. The number of piperidine rings is 1. The Morgan fingerprint density at radius 3 is 2.43 bits per heavy atom. The molecule has 1 aliphatic heterocycles. The van der Waals surface area contributed by atoms with Gasteiger partial charge in [0.1, 0.15) is 0 Å². The highest BCUT2D eigenvalue weighted by Crippen LogP contribution is 2.34. The molecule has 1 saturated heterocycles. The Morgan fingerprint density at radius 1 is 1.36 bits per heavy atom. The van der Waals surface area contributed by atoms with Gasteiger partial charge in [0.05, 0.1) is 6.04 Å². The van der Waals surface area contributed by atoms with Crippen LogP contribution in [0.3, 0.4) is 0 Å². The molecule has 1 aliphatic carbocycles. The van der Waals surface area contributed by atoms with Gasteiger partial charge >= 0.3 is 0 Å².